The summed E-state index contributed by atoms with van der Waals surface area (Å²) in [6.07, 6.45) is 1.95. The first-order valence-electron chi connectivity index (χ1n) is 4.55. The molecule has 0 amide bonds. The van der Waals surface area contributed by atoms with Crippen molar-refractivity contribution in [3.63, 3.8) is 0 Å². The van der Waals surface area contributed by atoms with Gasteiger partial charge in [0, 0.05) is 18.2 Å². The van der Waals surface area contributed by atoms with E-state index < -0.39 is 11.6 Å². The van der Waals surface area contributed by atoms with Gasteiger partial charge < -0.3 is 10.5 Å². The number of hydrogen-bond donors (Lipinski definition) is 1. The number of nitrogens with two attached hydrogens (primary N) is 1. The van der Waals surface area contributed by atoms with Gasteiger partial charge in [-0.1, -0.05) is 0 Å². The Kier molecular flexibility index (Phi) is 2.37. The van der Waals surface area contributed by atoms with E-state index in [9.17, 15) is 8.78 Å². The van der Waals surface area contributed by atoms with Gasteiger partial charge in [0.2, 0.25) is 0 Å². The molecule has 0 bridgehead atoms. The van der Waals surface area contributed by atoms with Crippen molar-refractivity contribution in [2.75, 3.05) is 0 Å². The molecular weight excluding hydrogens is 188 g/mol. The zero-order valence-electron chi connectivity index (χ0n) is 7.59. The highest BCUT2D eigenvalue weighted by Gasteiger charge is 2.26. The van der Waals surface area contributed by atoms with Gasteiger partial charge in [0.15, 0.2) is 11.6 Å². The van der Waals surface area contributed by atoms with Crippen molar-refractivity contribution in [2.45, 2.75) is 25.5 Å². The Morgan fingerprint density at radius 1 is 1.36 bits per heavy atom. The SMILES string of the molecule is NCc1cc(F)cc(F)c1OC1CC1. The van der Waals surface area contributed by atoms with Gasteiger partial charge in [-0.05, 0) is 18.9 Å². The van der Waals surface area contributed by atoms with E-state index in [0.29, 0.717) is 5.56 Å². The number of halogens is 2. The van der Waals surface area contributed by atoms with Crippen LogP contribution in [0.2, 0.25) is 0 Å². The maximum atomic E-state index is 13.3. The number of hydrogen-bond acceptors (Lipinski definition) is 2. The van der Waals surface area contributed by atoms with Crippen LogP contribution >= 0.6 is 0 Å². The third-order valence-corrected chi connectivity index (χ3v) is 2.11. The van der Waals surface area contributed by atoms with Gasteiger partial charge in [-0.15, -0.1) is 0 Å². The quantitative estimate of drug-likeness (QED) is 0.807. The molecule has 0 unspecified atom stereocenters. The minimum Gasteiger partial charge on any atom is -0.487 e. The van der Waals surface area contributed by atoms with Crippen LogP contribution in [0, 0.1) is 11.6 Å². The fraction of sp³-hybridized carbons (Fsp3) is 0.400. The highest BCUT2D eigenvalue weighted by atomic mass is 19.1. The summed E-state index contributed by atoms with van der Waals surface area (Å²) >= 11 is 0. The first kappa shape index (κ1) is 9.40. The van der Waals surface area contributed by atoms with E-state index in [0.717, 1.165) is 18.9 Å². The summed E-state index contributed by atoms with van der Waals surface area (Å²) in [5.41, 5.74) is 5.75. The van der Waals surface area contributed by atoms with Gasteiger partial charge in [-0.2, -0.15) is 0 Å². The molecule has 0 aromatic heterocycles. The first-order valence-corrected chi connectivity index (χ1v) is 4.55. The van der Waals surface area contributed by atoms with Crippen LogP contribution in [-0.4, -0.2) is 6.10 Å². The molecule has 14 heavy (non-hydrogen) atoms. The number of benzene rings is 1. The molecule has 0 saturated heterocycles. The summed E-state index contributed by atoms with van der Waals surface area (Å²) in [6, 6.07) is 2.03. The fourth-order valence-corrected chi connectivity index (χ4v) is 1.25. The standard InChI is InChI=1S/C10H11F2NO/c11-7-3-6(5-13)10(9(12)4-7)14-8-1-2-8/h3-4,8H,1-2,5,13H2. The molecule has 76 valence electrons. The van der Waals surface area contributed by atoms with Crippen molar-refractivity contribution in [1.82, 2.24) is 0 Å². The highest BCUT2D eigenvalue weighted by molar-refractivity contribution is 5.36. The Balaban J connectivity index is 2.33. The minimum atomic E-state index is -0.669. The van der Waals surface area contributed by atoms with Crippen molar-refractivity contribution in [2.24, 2.45) is 5.73 Å². The van der Waals surface area contributed by atoms with Crippen LogP contribution in [0.4, 0.5) is 8.78 Å². The maximum absolute atomic E-state index is 13.3. The Bertz CT molecular complexity index is 350. The zero-order valence-corrected chi connectivity index (χ0v) is 7.59. The van der Waals surface area contributed by atoms with Crippen LogP contribution in [0.5, 0.6) is 5.75 Å². The molecule has 1 aromatic rings. The topological polar surface area (TPSA) is 35.2 Å². The normalized spacial score (nSPS) is 15.6. The summed E-state index contributed by atoms with van der Waals surface area (Å²) in [7, 11) is 0. The van der Waals surface area contributed by atoms with Gasteiger partial charge in [0.05, 0.1) is 6.10 Å². The Morgan fingerprint density at radius 2 is 2.07 bits per heavy atom. The van der Waals surface area contributed by atoms with Gasteiger partial charge >= 0.3 is 0 Å². The molecule has 0 radical (unpaired) electrons. The van der Waals surface area contributed by atoms with Crippen molar-refractivity contribution >= 4 is 0 Å². The minimum absolute atomic E-state index is 0.0801. The third kappa shape index (κ3) is 1.85. The molecule has 1 fully saturated rings. The molecule has 1 aromatic carbocycles. The molecule has 0 atom stereocenters. The number of ether oxygens (including phenoxy) is 1. The smallest absolute Gasteiger partial charge is 0.168 e. The lowest BCUT2D eigenvalue weighted by atomic mass is 10.2. The van der Waals surface area contributed by atoms with Crippen molar-refractivity contribution in [1.29, 1.82) is 0 Å². The van der Waals surface area contributed by atoms with Gasteiger partial charge in [0.1, 0.15) is 5.82 Å². The molecular formula is C10H11F2NO. The van der Waals surface area contributed by atoms with E-state index in [4.69, 9.17) is 10.5 Å². The lowest BCUT2D eigenvalue weighted by molar-refractivity contribution is 0.283. The van der Waals surface area contributed by atoms with E-state index in [-0.39, 0.29) is 18.4 Å². The van der Waals surface area contributed by atoms with Gasteiger partial charge in [-0.3, -0.25) is 0 Å². The van der Waals surface area contributed by atoms with Crippen LogP contribution in [0.1, 0.15) is 18.4 Å². The Morgan fingerprint density at radius 3 is 2.64 bits per heavy atom. The average molecular weight is 199 g/mol. The van der Waals surface area contributed by atoms with Crippen LogP contribution in [-0.2, 0) is 6.54 Å². The molecule has 2 rings (SSSR count). The summed E-state index contributed by atoms with van der Waals surface area (Å²) in [6.45, 7) is 0.0801. The molecule has 1 aliphatic carbocycles. The summed E-state index contributed by atoms with van der Waals surface area (Å²) in [5.74, 6) is -1.18. The second-order valence-corrected chi connectivity index (χ2v) is 3.40. The fourth-order valence-electron chi connectivity index (χ4n) is 1.25. The molecule has 1 aliphatic rings. The zero-order chi connectivity index (χ0) is 10.1. The molecule has 1 saturated carbocycles. The van der Waals surface area contributed by atoms with Crippen molar-refractivity contribution < 1.29 is 13.5 Å². The van der Waals surface area contributed by atoms with Crippen LogP contribution in [0.25, 0.3) is 0 Å². The van der Waals surface area contributed by atoms with Gasteiger partial charge in [0.25, 0.3) is 0 Å². The van der Waals surface area contributed by atoms with E-state index in [1.165, 1.54) is 6.07 Å². The lowest BCUT2D eigenvalue weighted by Crippen LogP contribution is -2.06. The molecule has 2 N–H and O–H groups in total. The summed E-state index contributed by atoms with van der Waals surface area (Å²) < 4.78 is 31.4. The highest BCUT2D eigenvalue weighted by Crippen LogP contribution is 2.31. The molecule has 0 aliphatic heterocycles. The summed E-state index contributed by atoms with van der Waals surface area (Å²) in [5, 5.41) is 0. The molecule has 2 nitrogen and oxygen atoms in total. The predicted molar refractivity (Wildman–Crippen MR) is 47.9 cm³/mol. The second-order valence-electron chi connectivity index (χ2n) is 3.40. The second kappa shape index (κ2) is 3.53. The summed E-state index contributed by atoms with van der Waals surface area (Å²) in [4.78, 5) is 0. The van der Waals surface area contributed by atoms with E-state index in [2.05, 4.69) is 0 Å². The van der Waals surface area contributed by atoms with E-state index >= 15 is 0 Å². The molecule has 0 spiro atoms. The van der Waals surface area contributed by atoms with Crippen molar-refractivity contribution in [3.8, 4) is 5.75 Å². The monoisotopic (exact) mass is 199 g/mol. The van der Waals surface area contributed by atoms with Gasteiger partial charge in [-0.25, -0.2) is 8.78 Å². The first-order chi connectivity index (χ1) is 6.70. The van der Waals surface area contributed by atoms with E-state index in [1.807, 2.05) is 0 Å². The van der Waals surface area contributed by atoms with Crippen molar-refractivity contribution in [3.05, 3.63) is 29.3 Å². The Hall–Kier alpha value is -1.16. The van der Waals surface area contributed by atoms with Crippen LogP contribution in [0.15, 0.2) is 12.1 Å². The average Bonchev–Trinajstić information content (AvgIpc) is 2.93. The predicted octanol–water partition coefficient (Wildman–Crippen LogP) is 1.96. The van der Waals surface area contributed by atoms with Crippen LogP contribution in [0.3, 0.4) is 0 Å². The lowest BCUT2D eigenvalue weighted by Gasteiger charge is -2.10. The molecule has 0 heterocycles. The van der Waals surface area contributed by atoms with Crippen LogP contribution < -0.4 is 10.5 Å². The third-order valence-electron chi connectivity index (χ3n) is 2.11. The Labute approximate surface area is 80.7 Å². The van der Waals surface area contributed by atoms with E-state index in [1.54, 1.807) is 0 Å². The maximum Gasteiger partial charge on any atom is 0.168 e. The largest absolute Gasteiger partial charge is 0.487 e. The molecule has 4 heteroatoms. The number of rotatable bonds is 3.